The van der Waals surface area contributed by atoms with Gasteiger partial charge >= 0.3 is 0 Å². The zero-order chi connectivity index (χ0) is 11.7. The quantitative estimate of drug-likeness (QED) is 0.800. The molecular weight excluding hydrogens is 254 g/mol. The minimum Gasteiger partial charge on any atom is -0.248 e. The molecule has 1 aliphatic heterocycles. The fourth-order valence-electron chi connectivity index (χ4n) is 2.09. The lowest BCUT2D eigenvalue weighted by Crippen LogP contribution is -2.15. The highest BCUT2D eigenvalue weighted by molar-refractivity contribution is 8.00. The van der Waals surface area contributed by atoms with Crippen molar-refractivity contribution in [2.24, 2.45) is 0 Å². The maximum atomic E-state index is 5.82. The predicted octanol–water partition coefficient (Wildman–Crippen LogP) is 2.73. The molecule has 3 rings (SSSR count). The maximum Gasteiger partial charge on any atom is 0.141 e. The van der Waals surface area contributed by atoms with E-state index in [-0.39, 0.29) is 0 Å². The topological polar surface area (TPSA) is 30.7 Å². The molecule has 1 aliphatic rings. The van der Waals surface area contributed by atoms with Gasteiger partial charge in [0.25, 0.3) is 0 Å². The van der Waals surface area contributed by atoms with Crippen LogP contribution in [0.25, 0.3) is 0 Å². The summed E-state index contributed by atoms with van der Waals surface area (Å²) in [6, 6.07) is 8.57. The number of aromatic nitrogens is 3. The summed E-state index contributed by atoms with van der Waals surface area (Å²) in [7, 11) is 0. The van der Waals surface area contributed by atoms with Gasteiger partial charge in [0.1, 0.15) is 12.2 Å². The van der Waals surface area contributed by atoms with Crippen LogP contribution in [-0.4, -0.2) is 20.0 Å². The summed E-state index contributed by atoms with van der Waals surface area (Å²) in [5.41, 5.74) is 1.44. The van der Waals surface area contributed by atoms with E-state index in [1.165, 1.54) is 10.5 Å². The van der Waals surface area contributed by atoms with E-state index >= 15 is 0 Å². The number of hydrogen-bond acceptors (Lipinski definition) is 3. The molecule has 0 radical (unpaired) electrons. The van der Waals surface area contributed by atoms with Crippen molar-refractivity contribution in [2.75, 3.05) is 0 Å². The number of benzene rings is 1. The molecule has 88 valence electrons. The zero-order valence-electron chi connectivity index (χ0n) is 9.21. The minimum atomic E-state index is 0.421. The van der Waals surface area contributed by atoms with E-state index in [4.69, 9.17) is 11.6 Å². The molecule has 0 aliphatic carbocycles. The zero-order valence-corrected chi connectivity index (χ0v) is 10.8. The van der Waals surface area contributed by atoms with E-state index in [0.717, 1.165) is 18.8 Å². The molecule has 0 amide bonds. The summed E-state index contributed by atoms with van der Waals surface area (Å²) >= 11 is 7.74. The van der Waals surface area contributed by atoms with E-state index in [0.29, 0.717) is 11.1 Å². The second-order valence-electron chi connectivity index (χ2n) is 4.04. The summed E-state index contributed by atoms with van der Waals surface area (Å²) in [4.78, 5) is 5.53. The molecule has 2 aromatic rings. The fraction of sp³-hybridized carbons (Fsp3) is 0.333. The average molecular weight is 266 g/mol. The average Bonchev–Trinajstić information content (AvgIpc) is 2.94. The maximum absolute atomic E-state index is 5.82. The Hall–Kier alpha value is -1.00. The third-order valence-corrected chi connectivity index (χ3v) is 4.45. The summed E-state index contributed by atoms with van der Waals surface area (Å²) < 4.78 is 1.91. The van der Waals surface area contributed by atoms with E-state index in [9.17, 15) is 0 Å². The largest absolute Gasteiger partial charge is 0.248 e. The second-order valence-corrected chi connectivity index (χ2v) is 5.65. The smallest absolute Gasteiger partial charge is 0.141 e. The standard InChI is InChI=1S/C12H12ClN3S/c13-6-12-14-8-15-16(12)7-10-5-9-3-1-2-4-11(9)17-10/h1-4,8,10H,5-7H2. The summed E-state index contributed by atoms with van der Waals surface area (Å²) in [5.74, 6) is 1.27. The van der Waals surface area contributed by atoms with Crippen LogP contribution in [0.4, 0.5) is 0 Å². The van der Waals surface area contributed by atoms with Gasteiger partial charge in [0, 0.05) is 10.1 Å². The van der Waals surface area contributed by atoms with Crippen molar-refractivity contribution in [1.82, 2.24) is 14.8 Å². The van der Waals surface area contributed by atoms with E-state index in [1.807, 2.05) is 16.4 Å². The van der Waals surface area contributed by atoms with Gasteiger partial charge in [-0.25, -0.2) is 9.67 Å². The molecule has 1 unspecified atom stereocenters. The molecule has 0 saturated heterocycles. The number of rotatable bonds is 3. The van der Waals surface area contributed by atoms with Crippen molar-refractivity contribution in [1.29, 1.82) is 0 Å². The van der Waals surface area contributed by atoms with Gasteiger partial charge in [0.05, 0.1) is 12.4 Å². The van der Waals surface area contributed by atoms with Crippen molar-refractivity contribution in [2.45, 2.75) is 29.0 Å². The Balaban J connectivity index is 1.74. The van der Waals surface area contributed by atoms with E-state index in [2.05, 4.69) is 34.3 Å². The first kappa shape index (κ1) is 11.1. The molecule has 0 spiro atoms. The van der Waals surface area contributed by atoms with Crippen LogP contribution in [0, 0.1) is 0 Å². The molecule has 1 atom stereocenters. The van der Waals surface area contributed by atoms with Crippen LogP contribution < -0.4 is 0 Å². The molecule has 2 heterocycles. The van der Waals surface area contributed by atoms with E-state index < -0.39 is 0 Å². The first-order chi connectivity index (χ1) is 8.36. The first-order valence-electron chi connectivity index (χ1n) is 5.54. The van der Waals surface area contributed by atoms with Crippen molar-refractivity contribution >= 4 is 23.4 Å². The highest BCUT2D eigenvalue weighted by atomic mass is 35.5. The molecule has 1 aromatic heterocycles. The second kappa shape index (κ2) is 4.70. The van der Waals surface area contributed by atoms with Gasteiger partial charge in [-0.3, -0.25) is 0 Å². The number of nitrogens with zero attached hydrogens (tertiary/aromatic N) is 3. The Bertz CT molecular complexity index is 501. The third-order valence-electron chi connectivity index (χ3n) is 2.91. The Morgan fingerprint density at radius 1 is 1.41 bits per heavy atom. The highest BCUT2D eigenvalue weighted by Gasteiger charge is 2.23. The van der Waals surface area contributed by atoms with Gasteiger partial charge < -0.3 is 0 Å². The lowest BCUT2D eigenvalue weighted by atomic mass is 10.1. The molecular formula is C12H12ClN3S. The van der Waals surface area contributed by atoms with Gasteiger partial charge in [0.15, 0.2) is 0 Å². The molecule has 0 saturated carbocycles. The highest BCUT2D eigenvalue weighted by Crippen LogP contribution is 2.37. The lowest BCUT2D eigenvalue weighted by Gasteiger charge is -2.09. The van der Waals surface area contributed by atoms with Crippen LogP contribution in [0.1, 0.15) is 11.4 Å². The summed E-state index contributed by atoms with van der Waals surface area (Å²) in [6.45, 7) is 0.876. The Morgan fingerprint density at radius 3 is 3.12 bits per heavy atom. The van der Waals surface area contributed by atoms with Crippen LogP contribution >= 0.6 is 23.4 Å². The van der Waals surface area contributed by atoms with Crippen LogP contribution in [0.2, 0.25) is 0 Å². The van der Waals surface area contributed by atoms with Crippen LogP contribution in [0.3, 0.4) is 0 Å². The monoisotopic (exact) mass is 265 g/mol. The SMILES string of the molecule is ClCc1ncnn1CC1Cc2ccccc2S1. The Kier molecular flexibility index (Phi) is 3.07. The Morgan fingerprint density at radius 2 is 2.29 bits per heavy atom. The van der Waals surface area contributed by atoms with Crippen molar-refractivity contribution in [3.05, 3.63) is 42.0 Å². The molecule has 0 bridgehead atoms. The molecule has 0 fully saturated rings. The first-order valence-corrected chi connectivity index (χ1v) is 6.95. The predicted molar refractivity (Wildman–Crippen MR) is 69.4 cm³/mol. The van der Waals surface area contributed by atoms with Gasteiger partial charge in [-0.2, -0.15) is 5.10 Å². The van der Waals surface area contributed by atoms with Crippen LogP contribution in [0.15, 0.2) is 35.5 Å². The van der Waals surface area contributed by atoms with Crippen LogP contribution in [-0.2, 0) is 18.8 Å². The normalized spacial score (nSPS) is 18.3. The third kappa shape index (κ3) is 2.19. The van der Waals surface area contributed by atoms with Gasteiger partial charge in [-0.1, -0.05) is 18.2 Å². The van der Waals surface area contributed by atoms with Crippen LogP contribution in [0.5, 0.6) is 0 Å². The molecule has 17 heavy (non-hydrogen) atoms. The molecule has 3 nitrogen and oxygen atoms in total. The van der Waals surface area contributed by atoms with Gasteiger partial charge in [-0.05, 0) is 18.1 Å². The number of halogens is 1. The van der Waals surface area contributed by atoms with Crippen molar-refractivity contribution < 1.29 is 0 Å². The Labute approximate surface area is 109 Å². The van der Waals surface area contributed by atoms with Crippen molar-refractivity contribution in [3.63, 3.8) is 0 Å². The molecule has 1 aromatic carbocycles. The minimum absolute atomic E-state index is 0.421. The van der Waals surface area contributed by atoms with Gasteiger partial charge in [0.2, 0.25) is 0 Å². The number of alkyl halides is 1. The van der Waals surface area contributed by atoms with Crippen molar-refractivity contribution in [3.8, 4) is 0 Å². The molecule has 0 N–H and O–H groups in total. The summed E-state index contributed by atoms with van der Waals surface area (Å²) in [5, 5.41) is 4.76. The van der Waals surface area contributed by atoms with Gasteiger partial charge in [-0.15, -0.1) is 23.4 Å². The number of thioether (sulfide) groups is 1. The van der Waals surface area contributed by atoms with E-state index in [1.54, 1.807) is 6.33 Å². The fourth-order valence-corrected chi connectivity index (χ4v) is 3.60. The lowest BCUT2D eigenvalue weighted by molar-refractivity contribution is 0.574. The number of hydrogen-bond donors (Lipinski definition) is 0. The summed E-state index contributed by atoms with van der Waals surface area (Å²) in [6.07, 6.45) is 2.67. The number of fused-ring (bicyclic) bond motifs is 1. The molecule has 5 heteroatoms.